The van der Waals surface area contributed by atoms with Gasteiger partial charge in [0.15, 0.2) is 0 Å². The average molecular weight is 164 g/mol. The van der Waals surface area contributed by atoms with Gasteiger partial charge in [-0.15, -0.1) is 13.2 Å². The fourth-order valence-corrected chi connectivity index (χ4v) is 2.65. The van der Waals surface area contributed by atoms with E-state index in [-0.39, 0.29) is 0 Å². The van der Waals surface area contributed by atoms with Gasteiger partial charge in [0.05, 0.1) is 6.10 Å². The highest BCUT2D eigenvalue weighted by atomic mass is 16.5. The minimum atomic E-state index is 0.450. The van der Waals surface area contributed by atoms with Crippen molar-refractivity contribution in [3.8, 4) is 0 Å². The lowest BCUT2D eigenvalue weighted by atomic mass is 9.94. The molecule has 0 radical (unpaired) electrons. The maximum atomic E-state index is 5.69. The van der Waals surface area contributed by atoms with Crippen LogP contribution in [-0.4, -0.2) is 12.7 Å². The quantitative estimate of drug-likeness (QED) is 0.569. The number of hydrogen-bond donors (Lipinski definition) is 0. The van der Waals surface area contributed by atoms with Crippen molar-refractivity contribution in [1.29, 1.82) is 0 Å². The molecule has 2 fully saturated rings. The summed E-state index contributed by atoms with van der Waals surface area (Å²) in [5.74, 6) is 1.96. The van der Waals surface area contributed by atoms with E-state index in [0.717, 1.165) is 12.5 Å². The molecule has 1 heteroatoms. The predicted molar refractivity (Wildman–Crippen MR) is 49.8 cm³/mol. The van der Waals surface area contributed by atoms with E-state index in [4.69, 9.17) is 4.74 Å². The topological polar surface area (TPSA) is 9.23 Å². The second-order valence-electron chi connectivity index (χ2n) is 3.82. The Bertz CT molecular complexity index is 177. The first kappa shape index (κ1) is 8.06. The Morgan fingerprint density at radius 3 is 2.58 bits per heavy atom. The molecule has 0 N–H and O–H groups in total. The SMILES string of the molecule is C=CC1CC(C=C)C2OCCC12. The van der Waals surface area contributed by atoms with E-state index in [9.17, 15) is 0 Å². The molecule has 1 saturated carbocycles. The summed E-state index contributed by atoms with van der Waals surface area (Å²) in [6.45, 7) is 8.67. The van der Waals surface area contributed by atoms with E-state index < -0.39 is 0 Å². The zero-order chi connectivity index (χ0) is 8.55. The molecule has 1 nitrogen and oxygen atoms in total. The zero-order valence-corrected chi connectivity index (χ0v) is 7.41. The van der Waals surface area contributed by atoms with Crippen LogP contribution < -0.4 is 0 Å². The Kier molecular flexibility index (Phi) is 2.05. The molecule has 0 spiro atoms. The second-order valence-corrected chi connectivity index (χ2v) is 3.82. The molecule has 66 valence electrons. The molecular weight excluding hydrogens is 148 g/mol. The normalized spacial score (nSPS) is 45.7. The maximum Gasteiger partial charge on any atom is 0.0672 e. The molecule has 1 aliphatic heterocycles. The van der Waals surface area contributed by atoms with Crippen LogP contribution in [-0.2, 0) is 4.74 Å². The molecule has 1 saturated heterocycles. The molecule has 1 heterocycles. The fraction of sp³-hybridized carbons (Fsp3) is 0.636. The van der Waals surface area contributed by atoms with Crippen LogP contribution in [0.1, 0.15) is 12.8 Å². The third kappa shape index (κ3) is 1.04. The summed E-state index contributed by atoms with van der Waals surface area (Å²) in [6.07, 6.45) is 7.00. The van der Waals surface area contributed by atoms with Gasteiger partial charge in [-0.25, -0.2) is 0 Å². The summed E-state index contributed by atoms with van der Waals surface area (Å²) < 4.78 is 5.69. The van der Waals surface area contributed by atoms with Crippen LogP contribution in [0.4, 0.5) is 0 Å². The highest BCUT2D eigenvalue weighted by molar-refractivity contribution is 5.05. The van der Waals surface area contributed by atoms with Gasteiger partial charge in [-0.1, -0.05) is 12.2 Å². The van der Waals surface area contributed by atoms with Crippen LogP contribution in [0.25, 0.3) is 0 Å². The van der Waals surface area contributed by atoms with Gasteiger partial charge in [-0.05, 0) is 24.7 Å². The predicted octanol–water partition coefficient (Wildman–Crippen LogP) is 2.40. The van der Waals surface area contributed by atoms with Gasteiger partial charge < -0.3 is 4.74 Å². The summed E-state index contributed by atoms with van der Waals surface area (Å²) >= 11 is 0. The van der Waals surface area contributed by atoms with E-state index in [2.05, 4.69) is 19.2 Å². The third-order valence-electron chi connectivity index (χ3n) is 3.31. The van der Waals surface area contributed by atoms with Crippen molar-refractivity contribution < 1.29 is 4.74 Å². The van der Waals surface area contributed by atoms with Gasteiger partial charge in [0, 0.05) is 12.5 Å². The monoisotopic (exact) mass is 164 g/mol. The first-order valence-corrected chi connectivity index (χ1v) is 4.73. The van der Waals surface area contributed by atoms with Crippen LogP contribution >= 0.6 is 0 Å². The van der Waals surface area contributed by atoms with E-state index in [0.29, 0.717) is 17.9 Å². The summed E-state index contributed by atoms with van der Waals surface area (Å²) in [5, 5.41) is 0. The first-order chi connectivity index (χ1) is 5.86. The first-order valence-electron chi connectivity index (χ1n) is 4.73. The van der Waals surface area contributed by atoms with Gasteiger partial charge in [0.2, 0.25) is 0 Å². The van der Waals surface area contributed by atoms with Gasteiger partial charge in [-0.2, -0.15) is 0 Å². The van der Waals surface area contributed by atoms with Gasteiger partial charge in [0.1, 0.15) is 0 Å². The minimum absolute atomic E-state index is 0.450. The number of ether oxygens (including phenoxy) is 1. The Labute approximate surface area is 74.1 Å². The van der Waals surface area contributed by atoms with Gasteiger partial charge in [0.25, 0.3) is 0 Å². The summed E-state index contributed by atoms with van der Waals surface area (Å²) in [6, 6.07) is 0. The molecular formula is C11H16O. The standard InChI is InChI=1S/C11H16O/c1-3-8-7-9(4-2)11-10(8)5-6-12-11/h3-4,8-11H,1-2,5-7H2. The Hall–Kier alpha value is -0.560. The number of rotatable bonds is 2. The van der Waals surface area contributed by atoms with Crippen LogP contribution in [0.3, 0.4) is 0 Å². The lowest BCUT2D eigenvalue weighted by molar-refractivity contribution is 0.0796. The van der Waals surface area contributed by atoms with Crippen LogP contribution in [0.15, 0.2) is 25.3 Å². The molecule has 2 aliphatic rings. The molecule has 4 atom stereocenters. The summed E-state index contributed by atoms with van der Waals surface area (Å²) in [7, 11) is 0. The number of fused-ring (bicyclic) bond motifs is 1. The molecule has 12 heavy (non-hydrogen) atoms. The number of hydrogen-bond acceptors (Lipinski definition) is 1. The molecule has 4 unspecified atom stereocenters. The largest absolute Gasteiger partial charge is 0.377 e. The number of allylic oxidation sites excluding steroid dienone is 1. The Morgan fingerprint density at radius 2 is 1.92 bits per heavy atom. The van der Waals surface area contributed by atoms with Gasteiger partial charge >= 0.3 is 0 Å². The fourth-order valence-electron chi connectivity index (χ4n) is 2.65. The molecule has 0 bridgehead atoms. The minimum Gasteiger partial charge on any atom is -0.377 e. The van der Waals surface area contributed by atoms with Crippen molar-refractivity contribution in [2.75, 3.05) is 6.61 Å². The van der Waals surface area contributed by atoms with Crippen LogP contribution in [0, 0.1) is 17.8 Å². The van der Waals surface area contributed by atoms with E-state index in [1.807, 2.05) is 6.08 Å². The highest BCUT2D eigenvalue weighted by Gasteiger charge is 2.44. The third-order valence-corrected chi connectivity index (χ3v) is 3.31. The highest BCUT2D eigenvalue weighted by Crippen LogP contribution is 2.44. The molecule has 1 aliphatic carbocycles. The van der Waals surface area contributed by atoms with Crippen molar-refractivity contribution in [2.45, 2.75) is 18.9 Å². The van der Waals surface area contributed by atoms with E-state index in [1.54, 1.807) is 0 Å². The lowest BCUT2D eigenvalue weighted by Crippen LogP contribution is -2.17. The smallest absolute Gasteiger partial charge is 0.0672 e. The van der Waals surface area contributed by atoms with E-state index in [1.165, 1.54) is 12.8 Å². The van der Waals surface area contributed by atoms with Crippen LogP contribution in [0.2, 0.25) is 0 Å². The summed E-state index contributed by atoms with van der Waals surface area (Å²) in [5.41, 5.74) is 0. The average Bonchev–Trinajstić information content (AvgIpc) is 2.63. The van der Waals surface area contributed by atoms with Crippen molar-refractivity contribution in [1.82, 2.24) is 0 Å². The van der Waals surface area contributed by atoms with E-state index >= 15 is 0 Å². The van der Waals surface area contributed by atoms with Gasteiger partial charge in [-0.3, -0.25) is 0 Å². The van der Waals surface area contributed by atoms with Crippen molar-refractivity contribution >= 4 is 0 Å². The lowest BCUT2D eigenvalue weighted by Gasteiger charge is -2.13. The molecule has 0 aromatic carbocycles. The summed E-state index contributed by atoms with van der Waals surface area (Å²) in [4.78, 5) is 0. The van der Waals surface area contributed by atoms with Crippen LogP contribution in [0.5, 0.6) is 0 Å². The molecule has 0 amide bonds. The van der Waals surface area contributed by atoms with Crippen molar-refractivity contribution in [3.63, 3.8) is 0 Å². The maximum absolute atomic E-state index is 5.69. The zero-order valence-electron chi connectivity index (χ0n) is 7.41. The van der Waals surface area contributed by atoms with Crippen molar-refractivity contribution in [2.24, 2.45) is 17.8 Å². The molecule has 0 aromatic rings. The Morgan fingerprint density at radius 1 is 1.17 bits per heavy atom. The van der Waals surface area contributed by atoms with Crippen molar-refractivity contribution in [3.05, 3.63) is 25.3 Å². The Balaban J connectivity index is 2.15. The molecule has 0 aromatic heterocycles. The molecule has 2 rings (SSSR count). The second kappa shape index (κ2) is 3.06.